The lowest BCUT2D eigenvalue weighted by molar-refractivity contribution is -0.274. The fourth-order valence-corrected chi connectivity index (χ4v) is 5.14. The number of anilines is 1. The largest absolute Gasteiger partial charge is 0.573 e. The Kier molecular flexibility index (Phi) is 8.50. The van der Waals surface area contributed by atoms with E-state index >= 15 is 0 Å². The van der Waals surface area contributed by atoms with Gasteiger partial charge in [-0.15, -0.1) is 13.2 Å². The molecule has 0 bridgehead atoms. The minimum atomic E-state index is -4.90. The smallest absolute Gasteiger partial charge is 0.481 e. The summed E-state index contributed by atoms with van der Waals surface area (Å²) in [6.07, 6.45) is -8.26. The van der Waals surface area contributed by atoms with Gasteiger partial charge >= 0.3 is 24.4 Å². The van der Waals surface area contributed by atoms with Crippen LogP contribution in [-0.2, 0) is 22.6 Å². The van der Waals surface area contributed by atoms with Crippen LogP contribution in [-0.4, -0.2) is 64.3 Å². The molecule has 0 aliphatic carbocycles. The third-order valence-electron chi connectivity index (χ3n) is 7.10. The minimum absolute atomic E-state index is 0.113. The number of rotatable bonds is 9. The summed E-state index contributed by atoms with van der Waals surface area (Å²) in [6.45, 7) is -0.257. The topological polar surface area (TPSA) is 90.4 Å². The molecule has 1 N–H and O–H groups in total. The lowest BCUT2D eigenvalue weighted by atomic mass is 9.85. The third-order valence-corrected chi connectivity index (χ3v) is 7.10. The predicted molar refractivity (Wildman–Crippen MR) is 133 cm³/mol. The normalized spacial score (nSPS) is 16.9. The van der Waals surface area contributed by atoms with Gasteiger partial charge in [0.1, 0.15) is 11.3 Å². The monoisotopic (exact) mass is 585 g/mol. The van der Waals surface area contributed by atoms with E-state index in [2.05, 4.69) is 4.74 Å². The number of benzene rings is 2. The van der Waals surface area contributed by atoms with Gasteiger partial charge in [0.05, 0.1) is 6.42 Å². The molecule has 0 atom stereocenters. The molecule has 2 aliphatic heterocycles. The summed E-state index contributed by atoms with van der Waals surface area (Å²) in [5, 5.41) is 9.09. The van der Waals surface area contributed by atoms with Gasteiger partial charge in [0.25, 0.3) is 5.91 Å². The van der Waals surface area contributed by atoms with Gasteiger partial charge in [0.2, 0.25) is 0 Å². The summed E-state index contributed by atoms with van der Waals surface area (Å²) >= 11 is 0. The Bertz CT molecular complexity index is 1340. The Balaban J connectivity index is 1.57. The Morgan fingerprint density at radius 2 is 1.63 bits per heavy atom. The van der Waals surface area contributed by atoms with E-state index < -0.39 is 60.4 Å². The van der Waals surface area contributed by atoms with Crippen LogP contribution in [0.2, 0.25) is 0 Å². The molecule has 14 heteroatoms. The van der Waals surface area contributed by atoms with Gasteiger partial charge in [-0.3, -0.25) is 14.5 Å². The zero-order chi connectivity index (χ0) is 29.9. The molecule has 220 valence electrons. The molecular formula is C27H25F6N3O5. The van der Waals surface area contributed by atoms with Crippen molar-refractivity contribution < 1.29 is 50.6 Å². The Morgan fingerprint density at radius 1 is 0.976 bits per heavy atom. The molecule has 2 aromatic carbocycles. The van der Waals surface area contributed by atoms with Crippen molar-refractivity contribution in [3.63, 3.8) is 0 Å². The number of piperidine rings is 1. The van der Waals surface area contributed by atoms with E-state index in [4.69, 9.17) is 5.11 Å². The maximum absolute atomic E-state index is 13.6. The average molecular weight is 586 g/mol. The number of alkyl halides is 3. The Labute approximate surface area is 230 Å². The molecule has 1 spiro atoms. The van der Waals surface area contributed by atoms with Crippen LogP contribution in [0, 0.1) is 0 Å². The first-order valence-electron chi connectivity index (χ1n) is 12.5. The molecule has 2 heterocycles. The molecule has 0 unspecified atom stereocenters. The van der Waals surface area contributed by atoms with Gasteiger partial charge in [-0.05, 0) is 48.2 Å². The van der Waals surface area contributed by atoms with Gasteiger partial charge in [-0.25, -0.2) is 9.18 Å². The van der Waals surface area contributed by atoms with Crippen LogP contribution in [0.1, 0.15) is 30.4 Å². The second-order valence-electron chi connectivity index (χ2n) is 9.69. The fourth-order valence-electron chi connectivity index (χ4n) is 5.14. The van der Waals surface area contributed by atoms with Crippen molar-refractivity contribution in [2.45, 2.75) is 44.1 Å². The number of nitrogens with zero attached hydrogens (tertiary/aromatic N) is 3. The SMILES string of the molecule is O=C(O)Cc1cccc(N2CCC3(CC2)C(=O)N(CCC(F)=C(F)F)C(=O)N3Cc2ccc(OC(F)(F)F)cc2)c1. The van der Waals surface area contributed by atoms with Crippen LogP contribution >= 0.6 is 0 Å². The van der Waals surface area contributed by atoms with Gasteiger partial charge in [-0.2, -0.15) is 8.78 Å². The standard InChI is InChI=1S/C27H25F6N3O5/c28-21(23(29)30)8-11-35-24(39)26(9-12-34(13-10-26)19-3-1-2-18(14-19)15-22(37)38)36(25(35)40)16-17-4-6-20(7-5-17)41-27(31,32)33/h1-7,14H,8-13,15-16H2,(H,37,38). The fraction of sp³-hybridized carbons (Fsp3) is 0.370. The number of carboxylic acid groups (broad SMARTS) is 1. The molecule has 2 saturated heterocycles. The summed E-state index contributed by atoms with van der Waals surface area (Å²) in [7, 11) is 0. The number of ether oxygens (including phenoxy) is 1. The molecule has 41 heavy (non-hydrogen) atoms. The summed E-state index contributed by atoms with van der Waals surface area (Å²) in [5.41, 5.74) is 0.265. The number of amides is 3. The van der Waals surface area contributed by atoms with Crippen LogP contribution < -0.4 is 9.64 Å². The number of carbonyl (C=O) groups is 3. The summed E-state index contributed by atoms with van der Waals surface area (Å²) < 4.78 is 80.3. The Morgan fingerprint density at radius 3 is 2.22 bits per heavy atom. The number of urea groups is 1. The van der Waals surface area contributed by atoms with E-state index in [9.17, 15) is 40.7 Å². The number of hydrogen-bond acceptors (Lipinski definition) is 5. The van der Waals surface area contributed by atoms with E-state index in [0.29, 0.717) is 16.8 Å². The van der Waals surface area contributed by atoms with Crippen molar-refractivity contribution in [2.24, 2.45) is 0 Å². The molecule has 2 aromatic rings. The first-order chi connectivity index (χ1) is 19.3. The van der Waals surface area contributed by atoms with Crippen LogP contribution in [0.25, 0.3) is 0 Å². The third kappa shape index (κ3) is 6.74. The molecule has 0 radical (unpaired) electrons. The van der Waals surface area contributed by atoms with Gasteiger partial charge in [0, 0.05) is 38.3 Å². The minimum Gasteiger partial charge on any atom is -0.481 e. The second kappa shape index (κ2) is 11.7. The highest BCUT2D eigenvalue weighted by Gasteiger charge is 2.57. The van der Waals surface area contributed by atoms with Gasteiger partial charge < -0.3 is 19.6 Å². The summed E-state index contributed by atoms with van der Waals surface area (Å²) in [6, 6.07) is 10.8. The van der Waals surface area contributed by atoms with Crippen LogP contribution in [0.5, 0.6) is 5.75 Å². The summed E-state index contributed by atoms with van der Waals surface area (Å²) in [5.74, 6) is -3.89. The lowest BCUT2D eigenvalue weighted by Gasteiger charge is -2.43. The van der Waals surface area contributed by atoms with Crippen LogP contribution in [0.3, 0.4) is 0 Å². The average Bonchev–Trinajstić information content (AvgIpc) is 3.08. The maximum Gasteiger partial charge on any atom is 0.573 e. The van der Waals surface area contributed by atoms with E-state index in [1.54, 1.807) is 24.3 Å². The molecule has 8 nitrogen and oxygen atoms in total. The first kappa shape index (κ1) is 29.7. The van der Waals surface area contributed by atoms with Crippen molar-refractivity contribution in [3.05, 3.63) is 71.6 Å². The highest BCUT2D eigenvalue weighted by atomic mass is 19.4. The zero-order valence-corrected chi connectivity index (χ0v) is 21.5. The van der Waals surface area contributed by atoms with Crippen LogP contribution in [0.4, 0.5) is 36.8 Å². The van der Waals surface area contributed by atoms with Gasteiger partial charge in [0.15, 0.2) is 5.83 Å². The van der Waals surface area contributed by atoms with E-state index in [1.807, 2.05) is 4.90 Å². The lowest BCUT2D eigenvalue weighted by Crippen LogP contribution is -2.56. The molecule has 2 fully saturated rings. The highest BCUT2D eigenvalue weighted by molar-refractivity contribution is 6.07. The molecule has 2 aliphatic rings. The number of halogens is 6. The van der Waals surface area contributed by atoms with Crippen molar-refractivity contribution >= 4 is 23.6 Å². The number of aliphatic carboxylic acids is 1. The maximum atomic E-state index is 13.6. The molecule has 4 rings (SSSR count). The zero-order valence-electron chi connectivity index (χ0n) is 21.5. The van der Waals surface area contributed by atoms with Gasteiger partial charge in [-0.1, -0.05) is 24.3 Å². The van der Waals surface area contributed by atoms with E-state index in [0.717, 1.165) is 17.0 Å². The van der Waals surface area contributed by atoms with Crippen LogP contribution in [0.15, 0.2) is 60.4 Å². The van der Waals surface area contributed by atoms with E-state index in [-0.39, 0.29) is 38.9 Å². The molecular weight excluding hydrogens is 560 g/mol. The van der Waals surface area contributed by atoms with Crippen molar-refractivity contribution in [1.29, 1.82) is 0 Å². The predicted octanol–water partition coefficient (Wildman–Crippen LogP) is 5.48. The number of carbonyl (C=O) groups excluding carboxylic acids is 2. The molecule has 3 amide bonds. The number of hydrogen-bond donors (Lipinski definition) is 1. The molecule has 0 aromatic heterocycles. The van der Waals surface area contributed by atoms with E-state index in [1.165, 1.54) is 17.0 Å². The molecule has 0 saturated carbocycles. The second-order valence-corrected chi connectivity index (χ2v) is 9.69. The number of carboxylic acids is 1. The first-order valence-corrected chi connectivity index (χ1v) is 12.5. The quantitative estimate of drug-likeness (QED) is 0.310. The van der Waals surface area contributed by atoms with Crippen molar-refractivity contribution in [1.82, 2.24) is 9.80 Å². The Hall–Kier alpha value is -4.23. The van der Waals surface area contributed by atoms with Crippen molar-refractivity contribution in [2.75, 3.05) is 24.5 Å². The van der Waals surface area contributed by atoms with Crippen molar-refractivity contribution in [3.8, 4) is 5.75 Å². The highest BCUT2D eigenvalue weighted by Crippen LogP contribution is 2.40. The number of imide groups is 1. The summed E-state index contributed by atoms with van der Waals surface area (Å²) in [4.78, 5) is 42.0.